The van der Waals surface area contributed by atoms with E-state index in [0.29, 0.717) is 5.95 Å². The number of aromatic nitrogens is 2. The highest BCUT2D eigenvalue weighted by atomic mass is 16.3. The van der Waals surface area contributed by atoms with Crippen LogP contribution in [0.25, 0.3) is 11.3 Å². The lowest BCUT2D eigenvalue weighted by Gasteiger charge is -2.06. The van der Waals surface area contributed by atoms with Gasteiger partial charge < -0.3 is 4.42 Å². The van der Waals surface area contributed by atoms with Gasteiger partial charge in [-0.15, -0.1) is 0 Å². The van der Waals surface area contributed by atoms with Gasteiger partial charge in [0, 0.05) is 11.3 Å². The maximum Gasteiger partial charge on any atom is 0.244 e. The highest BCUT2D eigenvalue weighted by molar-refractivity contribution is 5.96. The second-order valence-electron chi connectivity index (χ2n) is 5.30. The minimum atomic E-state index is 0.464. The monoisotopic (exact) mass is 306 g/mol. The van der Waals surface area contributed by atoms with Gasteiger partial charge in [-0.2, -0.15) is 5.10 Å². The zero-order chi connectivity index (χ0) is 16.2. The molecule has 5 heteroatoms. The number of benzene rings is 1. The van der Waals surface area contributed by atoms with Gasteiger partial charge in [0.05, 0.1) is 5.69 Å². The Morgan fingerprint density at radius 3 is 2.52 bits per heavy atom. The number of hydrogen-bond acceptors (Lipinski definition) is 5. The van der Waals surface area contributed by atoms with Crippen LogP contribution < -0.4 is 5.43 Å². The van der Waals surface area contributed by atoms with E-state index in [9.17, 15) is 0 Å². The van der Waals surface area contributed by atoms with Gasteiger partial charge in [-0.25, -0.2) is 15.4 Å². The Labute approximate surface area is 135 Å². The molecule has 0 aliphatic heterocycles. The molecule has 0 bridgehead atoms. The molecule has 2 heterocycles. The fourth-order valence-corrected chi connectivity index (χ4v) is 2.19. The lowest BCUT2D eigenvalue weighted by Crippen LogP contribution is -2.03. The lowest BCUT2D eigenvalue weighted by atomic mass is 10.1. The molecule has 0 radical (unpaired) electrons. The smallest absolute Gasteiger partial charge is 0.244 e. The van der Waals surface area contributed by atoms with E-state index in [1.165, 1.54) is 0 Å². The van der Waals surface area contributed by atoms with E-state index in [1.807, 2.05) is 69.3 Å². The van der Waals surface area contributed by atoms with E-state index < -0.39 is 0 Å². The second-order valence-corrected chi connectivity index (χ2v) is 5.30. The standard InChI is InChI=1S/C18H18N4O/c1-12-11-16(15-7-5-4-6-8-15)20-18(19-12)22-21-14(3)17-10-9-13(2)23-17/h4-11H,1-3H3,(H,19,20,22). The summed E-state index contributed by atoms with van der Waals surface area (Å²) in [5.41, 5.74) is 6.44. The molecule has 3 aromatic rings. The molecule has 2 aromatic heterocycles. The number of nitrogens with zero attached hydrogens (tertiary/aromatic N) is 3. The molecule has 0 aliphatic carbocycles. The Hall–Kier alpha value is -2.95. The summed E-state index contributed by atoms with van der Waals surface area (Å²) < 4.78 is 5.54. The van der Waals surface area contributed by atoms with Crippen LogP contribution in [0, 0.1) is 13.8 Å². The number of aryl methyl sites for hydroxylation is 2. The Morgan fingerprint density at radius 2 is 1.83 bits per heavy atom. The van der Waals surface area contributed by atoms with Crippen LogP contribution in [-0.2, 0) is 0 Å². The van der Waals surface area contributed by atoms with Gasteiger partial charge in [-0.05, 0) is 39.0 Å². The molecule has 116 valence electrons. The van der Waals surface area contributed by atoms with Gasteiger partial charge in [0.25, 0.3) is 0 Å². The van der Waals surface area contributed by atoms with Crippen molar-refractivity contribution in [1.82, 2.24) is 9.97 Å². The quantitative estimate of drug-likeness (QED) is 0.580. The molecule has 0 spiro atoms. The van der Waals surface area contributed by atoms with Crippen LogP contribution in [0.2, 0.25) is 0 Å². The van der Waals surface area contributed by atoms with Gasteiger partial charge in [0.2, 0.25) is 5.95 Å². The predicted molar refractivity (Wildman–Crippen MR) is 91.5 cm³/mol. The zero-order valence-corrected chi connectivity index (χ0v) is 13.4. The molecule has 1 N–H and O–H groups in total. The average Bonchev–Trinajstić information content (AvgIpc) is 2.99. The van der Waals surface area contributed by atoms with Gasteiger partial charge >= 0.3 is 0 Å². The minimum Gasteiger partial charge on any atom is -0.460 e. The molecule has 3 rings (SSSR count). The average molecular weight is 306 g/mol. The number of nitrogens with one attached hydrogen (secondary N) is 1. The summed E-state index contributed by atoms with van der Waals surface area (Å²) in [6, 6.07) is 15.7. The number of furan rings is 1. The number of rotatable bonds is 4. The van der Waals surface area contributed by atoms with Crippen molar-refractivity contribution < 1.29 is 4.42 Å². The first kappa shape index (κ1) is 15.0. The molecule has 0 aliphatic rings. The van der Waals surface area contributed by atoms with Crippen LogP contribution in [0.15, 0.2) is 58.0 Å². The van der Waals surface area contributed by atoms with E-state index in [-0.39, 0.29) is 0 Å². The maximum atomic E-state index is 5.54. The molecule has 0 fully saturated rings. The SMILES string of the molecule is CC(=NNc1nc(C)cc(-c2ccccc2)n1)c1ccc(C)o1. The van der Waals surface area contributed by atoms with E-state index in [2.05, 4.69) is 20.5 Å². The fourth-order valence-electron chi connectivity index (χ4n) is 2.19. The van der Waals surface area contributed by atoms with Gasteiger partial charge in [-0.1, -0.05) is 30.3 Å². The van der Waals surface area contributed by atoms with Crippen molar-refractivity contribution in [3.05, 3.63) is 65.7 Å². The maximum absolute atomic E-state index is 5.54. The Kier molecular flexibility index (Phi) is 4.19. The third-order valence-corrected chi connectivity index (χ3v) is 3.34. The highest BCUT2D eigenvalue weighted by Gasteiger charge is 2.06. The number of hydrogen-bond donors (Lipinski definition) is 1. The molecule has 0 saturated heterocycles. The van der Waals surface area contributed by atoms with Crippen LogP contribution in [0.4, 0.5) is 5.95 Å². The summed E-state index contributed by atoms with van der Waals surface area (Å²) in [7, 11) is 0. The predicted octanol–water partition coefficient (Wildman–Crippen LogP) is 4.19. The van der Waals surface area contributed by atoms with Crippen molar-refractivity contribution >= 4 is 11.7 Å². The Bertz CT molecular complexity index is 837. The first-order valence-corrected chi connectivity index (χ1v) is 7.40. The summed E-state index contributed by atoms with van der Waals surface area (Å²) in [5.74, 6) is 2.05. The first-order chi connectivity index (χ1) is 11.1. The molecule has 0 amide bonds. The van der Waals surface area contributed by atoms with Crippen molar-refractivity contribution in [3.8, 4) is 11.3 Å². The molecule has 0 saturated carbocycles. The summed E-state index contributed by atoms with van der Waals surface area (Å²) in [6.45, 7) is 5.71. The molecular formula is C18H18N4O. The topological polar surface area (TPSA) is 63.3 Å². The Morgan fingerprint density at radius 1 is 1.04 bits per heavy atom. The first-order valence-electron chi connectivity index (χ1n) is 7.40. The summed E-state index contributed by atoms with van der Waals surface area (Å²) in [4.78, 5) is 8.89. The number of hydrazone groups is 1. The van der Waals surface area contributed by atoms with Crippen LogP contribution in [-0.4, -0.2) is 15.7 Å². The second kappa shape index (κ2) is 6.44. The molecular weight excluding hydrogens is 288 g/mol. The fraction of sp³-hybridized carbons (Fsp3) is 0.167. The van der Waals surface area contributed by atoms with Crippen molar-refractivity contribution in [2.75, 3.05) is 5.43 Å². The molecule has 0 unspecified atom stereocenters. The third-order valence-electron chi connectivity index (χ3n) is 3.34. The van der Waals surface area contributed by atoms with Crippen LogP contribution in [0.1, 0.15) is 24.1 Å². The van der Waals surface area contributed by atoms with Gasteiger partial charge in [0.1, 0.15) is 17.2 Å². The molecule has 1 aromatic carbocycles. The van der Waals surface area contributed by atoms with E-state index >= 15 is 0 Å². The third kappa shape index (κ3) is 3.63. The highest BCUT2D eigenvalue weighted by Crippen LogP contribution is 2.18. The van der Waals surface area contributed by atoms with Crippen LogP contribution in [0.3, 0.4) is 0 Å². The molecule has 23 heavy (non-hydrogen) atoms. The Balaban J connectivity index is 1.85. The number of anilines is 1. The van der Waals surface area contributed by atoms with Crippen LogP contribution in [0.5, 0.6) is 0 Å². The summed E-state index contributed by atoms with van der Waals surface area (Å²) in [6.07, 6.45) is 0. The largest absolute Gasteiger partial charge is 0.460 e. The molecule has 5 nitrogen and oxygen atoms in total. The van der Waals surface area contributed by atoms with E-state index in [1.54, 1.807) is 0 Å². The van der Waals surface area contributed by atoms with Crippen molar-refractivity contribution in [3.63, 3.8) is 0 Å². The van der Waals surface area contributed by atoms with E-state index in [4.69, 9.17) is 4.42 Å². The van der Waals surface area contributed by atoms with Crippen molar-refractivity contribution in [1.29, 1.82) is 0 Å². The van der Waals surface area contributed by atoms with Gasteiger partial charge in [-0.3, -0.25) is 0 Å². The lowest BCUT2D eigenvalue weighted by molar-refractivity contribution is 0.525. The van der Waals surface area contributed by atoms with Gasteiger partial charge in [0.15, 0.2) is 0 Å². The van der Waals surface area contributed by atoms with Crippen molar-refractivity contribution in [2.45, 2.75) is 20.8 Å². The molecule has 0 atom stereocenters. The summed E-state index contributed by atoms with van der Waals surface area (Å²) in [5, 5.41) is 4.30. The van der Waals surface area contributed by atoms with E-state index in [0.717, 1.165) is 34.2 Å². The van der Waals surface area contributed by atoms with Crippen LogP contribution >= 0.6 is 0 Å². The normalized spacial score (nSPS) is 11.5. The zero-order valence-electron chi connectivity index (χ0n) is 13.4. The summed E-state index contributed by atoms with van der Waals surface area (Å²) >= 11 is 0. The minimum absolute atomic E-state index is 0.464. The van der Waals surface area contributed by atoms with Crippen molar-refractivity contribution in [2.24, 2.45) is 5.10 Å².